The van der Waals surface area contributed by atoms with Crippen LogP contribution >= 0.6 is 23.1 Å². The first-order valence-corrected chi connectivity index (χ1v) is 13.6. The highest BCUT2D eigenvalue weighted by Gasteiger charge is 2.26. The Hall–Kier alpha value is -2.91. The molecule has 0 saturated carbocycles. The number of aryl methyl sites for hydroxylation is 1. The number of thiophene rings is 1. The fourth-order valence-electron chi connectivity index (χ4n) is 4.27. The summed E-state index contributed by atoms with van der Waals surface area (Å²) < 4.78 is 7.04. The standard InChI is InChI=1S/C26H30N4O3S2/c1-3-15-30-21(16-18-11-7-6-8-12-18)28-29-26(30)34-17-22(31)27-24-23(25(32)33-2)19-13-9-4-5-10-14-20(19)35-24/h3,6-8,11-12H,1,4-5,9-10,13-17H2,2H3,(H,27,31). The second-order valence-corrected chi connectivity index (χ2v) is 10.5. The molecule has 0 radical (unpaired) electrons. The van der Waals surface area contributed by atoms with Crippen LogP contribution in [-0.2, 0) is 35.3 Å². The van der Waals surface area contributed by atoms with Gasteiger partial charge in [0.1, 0.15) is 10.8 Å². The number of carbonyl (C=O) groups excluding carboxylic acids is 2. The molecule has 1 amide bonds. The highest BCUT2D eigenvalue weighted by atomic mass is 32.2. The van der Waals surface area contributed by atoms with Crippen LogP contribution in [0.1, 0.15) is 57.9 Å². The number of ether oxygens (including phenoxy) is 1. The molecule has 0 fully saturated rings. The molecule has 1 aliphatic rings. The minimum atomic E-state index is -0.387. The molecule has 0 aliphatic heterocycles. The first kappa shape index (κ1) is 25.2. The summed E-state index contributed by atoms with van der Waals surface area (Å²) in [5.41, 5.74) is 2.71. The van der Waals surface area contributed by atoms with Gasteiger partial charge in [-0.3, -0.25) is 4.79 Å². The number of hydrogen-bond donors (Lipinski definition) is 1. The van der Waals surface area contributed by atoms with Crippen molar-refractivity contribution in [2.24, 2.45) is 0 Å². The quantitative estimate of drug-likeness (QED) is 0.239. The van der Waals surface area contributed by atoms with Crippen LogP contribution in [0.25, 0.3) is 0 Å². The predicted octanol–water partition coefficient (Wildman–Crippen LogP) is 5.29. The monoisotopic (exact) mass is 510 g/mol. The van der Waals surface area contributed by atoms with E-state index < -0.39 is 0 Å². The number of esters is 1. The Morgan fingerprint density at radius 1 is 1.17 bits per heavy atom. The highest BCUT2D eigenvalue weighted by molar-refractivity contribution is 7.99. The molecule has 1 aromatic carbocycles. The number of thioether (sulfide) groups is 1. The second-order valence-electron chi connectivity index (χ2n) is 8.41. The molecule has 7 nitrogen and oxygen atoms in total. The van der Waals surface area contributed by atoms with Crippen molar-refractivity contribution in [3.8, 4) is 0 Å². The third kappa shape index (κ3) is 6.21. The maximum Gasteiger partial charge on any atom is 0.341 e. The van der Waals surface area contributed by atoms with Crippen LogP contribution in [0.4, 0.5) is 5.00 Å². The Morgan fingerprint density at radius 3 is 2.69 bits per heavy atom. The predicted molar refractivity (Wildman–Crippen MR) is 140 cm³/mol. The molecule has 9 heteroatoms. The largest absolute Gasteiger partial charge is 0.465 e. The lowest BCUT2D eigenvalue weighted by molar-refractivity contribution is -0.113. The van der Waals surface area contributed by atoms with Crippen molar-refractivity contribution >= 4 is 40.0 Å². The first-order chi connectivity index (χ1) is 17.1. The van der Waals surface area contributed by atoms with E-state index >= 15 is 0 Å². The SMILES string of the molecule is C=CCn1c(Cc2ccccc2)nnc1SCC(=O)Nc1sc2c(c1C(=O)OC)CCCCCC2. The molecule has 0 atom stereocenters. The number of amides is 1. The number of rotatable bonds is 9. The lowest BCUT2D eigenvalue weighted by Crippen LogP contribution is -2.17. The number of anilines is 1. The topological polar surface area (TPSA) is 86.1 Å². The average molecular weight is 511 g/mol. The summed E-state index contributed by atoms with van der Waals surface area (Å²) >= 11 is 2.83. The second kappa shape index (κ2) is 12.2. The number of fused-ring (bicyclic) bond motifs is 1. The fourth-order valence-corrected chi connectivity index (χ4v) is 6.33. The Kier molecular flexibility index (Phi) is 8.76. The zero-order chi connectivity index (χ0) is 24.6. The Bertz CT molecular complexity index is 1190. The summed E-state index contributed by atoms with van der Waals surface area (Å²) in [7, 11) is 1.39. The van der Waals surface area contributed by atoms with Gasteiger partial charge in [0, 0.05) is 17.8 Å². The normalized spacial score (nSPS) is 13.4. The maximum atomic E-state index is 12.9. The van der Waals surface area contributed by atoms with E-state index in [4.69, 9.17) is 4.74 Å². The minimum absolute atomic E-state index is 0.157. The van der Waals surface area contributed by atoms with E-state index in [0.717, 1.165) is 49.1 Å². The number of carbonyl (C=O) groups is 2. The van der Waals surface area contributed by atoms with Gasteiger partial charge in [0.25, 0.3) is 0 Å². The van der Waals surface area contributed by atoms with Crippen LogP contribution in [-0.4, -0.2) is 39.5 Å². The first-order valence-electron chi connectivity index (χ1n) is 11.8. The molecule has 2 aromatic heterocycles. The third-order valence-corrected chi connectivity index (χ3v) is 8.13. The molecular weight excluding hydrogens is 480 g/mol. The van der Waals surface area contributed by atoms with Gasteiger partial charge in [0.05, 0.1) is 18.4 Å². The summed E-state index contributed by atoms with van der Waals surface area (Å²) in [6.07, 6.45) is 8.72. The Morgan fingerprint density at radius 2 is 1.94 bits per heavy atom. The zero-order valence-corrected chi connectivity index (χ0v) is 21.6. The van der Waals surface area contributed by atoms with Crippen molar-refractivity contribution in [3.05, 3.63) is 70.4 Å². The van der Waals surface area contributed by atoms with E-state index in [0.29, 0.717) is 28.7 Å². The lowest BCUT2D eigenvalue weighted by atomic mass is 9.96. The highest BCUT2D eigenvalue weighted by Crippen LogP contribution is 2.37. The number of aromatic nitrogens is 3. The van der Waals surface area contributed by atoms with Gasteiger partial charge in [0.15, 0.2) is 5.16 Å². The molecule has 0 bridgehead atoms. The molecule has 2 heterocycles. The Balaban J connectivity index is 1.47. The van der Waals surface area contributed by atoms with Crippen molar-refractivity contribution in [1.82, 2.24) is 14.8 Å². The van der Waals surface area contributed by atoms with Crippen molar-refractivity contribution < 1.29 is 14.3 Å². The summed E-state index contributed by atoms with van der Waals surface area (Å²) in [5, 5.41) is 12.9. The molecule has 184 valence electrons. The summed E-state index contributed by atoms with van der Waals surface area (Å²) in [6, 6.07) is 10.1. The molecule has 1 N–H and O–H groups in total. The van der Waals surface area contributed by atoms with Gasteiger partial charge in [0.2, 0.25) is 5.91 Å². The van der Waals surface area contributed by atoms with E-state index in [1.54, 1.807) is 6.08 Å². The Labute approximate surface area is 214 Å². The summed E-state index contributed by atoms with van der Waals surface area (Å²) in [5.74, 6) is 0.406. The molecule has 3 aromatic rings. The van der Waals surface area contributed by atoms with Crippen LogP contribution < -0.4 is 5.32 Å². The van der Waals surface area contributed by atoms with E-state index in [1.165, 1.54) is 41.5 Å². The van der Waals surface area contributed by atoms with Gasteiger partial charge in [-0.1, -0.05) is 61.0 Å². The lowest BCUT2D eigenvalue weighted by Gasteiger charge is -2.11. The molecule has 4 rings (SSSR count). The molecular formula is C26H30N4O3S2. The maximum absolute atomic E-state index is 12.9. The van der Waals surface area contributed by atoms with Crippen molar-refractivity contribution in [3.63, 3.8) is 0 Å². The summed E-state index contributed by atoms with van der Waals surface area (Å²) in [4.78, 5) is 26.7. The third-order valence-electron chi connectivity index (χ3n) is 5.96. The van der Waals surface area contributed by atoms with E-state index in [-0.39, 0.29) is 17.6 Å². The smallest absolute Gasteiger partial charge is 0.341 e. The van der Waals surface area contributed by atoms with Gasteiger partial charge >= 0.3 is 5.97 Å². The number of hydrogen-bond acceptors (Lipinski definition) is 7. The minimum Gasteiger partial charge on any atom is -0.465 e. The van der Waals surface area contributed by atoms with Crippen LogP contribution in [0.3, 0.4) is 0 Å². The van der Waals surface area contributed by atoms with Gasteiger partial charge in [-0.2, -0.15) is 0 Å². The van der Waals surface area contributed by atoms with Gasteiger partial charge in [-0.25, -0.2) is 4.79 Å². The fraction of sp³-hybridized carbons (Fsp3) is 0.385. The number of benzene rings is 1. The van der Waals surface area contributed by atoms with Gasteiger partial charge in [-0.15, -0.1) is 28.1 Å². The van der Waals surface area contributed by atoms with Crippen molar-refractivity contribution in [1.29, 1.82) is 0 Å². The molecule has 1 aliphatic carbocycles. The van der Waals surface area contributed by atoms with Crippen LogP contribution in [0.5, 0.6) is 0 Å². The molecule has 0 spiro atoms. The van der Waals surface area contributed by atoms with Gasteiger partial charge in [-0.05, 0) is 36.8 Å². The van der Waals surface area contributed by atoms with Crippen LogP contribution in [0.15, 0.2) is 48.1 Å². The van der Waals surface area contributed by atoms with Gasteiger partial charge < -0.3 is 14.6 Å². The number of nitrogens with zero attached hydrogens (tertiary/aromatic N) is 3. The molecule has 0 saturated heterocycles. The van der Waals surface area contributed by atoms with E-state index in [9.17, 15) is 9.59 Å². The summed E-state index contributed by atoms with van der Waals surface area (Å²) in [6.45, 7) is 4.41. The molecule has 0 unspecified atom stereocenters. The number of methoxy groups -OCH3 is 1. The number of nitrogens with one attached hydrogen (secondary N) is 1. The van der Waals surface area contributed by atoms with E-state index in [2.05, 4.69) is 34.2 Å². The molecule has 35 heavy (non-hydrogen) atoms. The van der Waals surface area contributed by atoms with E-state index in [1.807, 2.05) is 22.8 Å². The van der Waals surface area contributed by atoms with Crippen LogP contribution in [0, 0.1) is 0 Å². The van der Waals surface area contributed by atoms with Crippen LogP contribution in [0.2, 0.25) is 0 Å². The van der Waals surface area contributed by atoms with Crippen molar-refractivity contribution in [2.75, 3.05) is 18.2 Å². The number of allylic oxidation sites excluding steroid dienone is 1. The van der Waals surface area contributed by atoms with Crippen molar-refractivity contribution in [2.45, 2.75) is 56.6 Å². The average Bonchev–Trinajstić information content (AvgIpc) is 3.38. The zero-order valence-electron chi connectivity index (χ0n) is 19.9.